The third-order valence-corrected chi connectivity index (χ3v) is 6.37. The van der Waals surface area contributed by atoms with E-state index in [1.165, 1.54) is 83.5 Å². The molecule has 0 bridgehead atoms. The Morgan fingerprint density at radius 2 is 1.56 bits per heavy atom. The number of nitrogens with zero attached hydrogens (tertiary/aromatic N) is 1. The molecular formula is C27H46N2O3. The molecule has 1 aliphatic rings. The predicted octanol–water partition coefficient (Wildman–Crippen LogP) is 7.34. The van der Waals surface area contributed by atoms with Crippen LogP contribution in [0.15, 0.2) is 24.4 Å². The van der Waals surface area contributed by atoms with Gasteiger partial charge in [-0.05, 0) is 31.4 Å². The molecule has 1 aliphatic heterocycles. The molecule has 2 unspecified atom stereocenters. The Labute approximate surface area is 196 Å². The molecular weight excluding hydrogens is 400 g/mol. The van der Waals surface area contributed by atoms with E-state index in [0.717, 1.165) is 25.0 Å². The molecule has 0 aromatic carbocycles. The summed E-state index contributed by atoms with van der Waals surface area (Å²) in [6.07, 6.45) is 22.9. The molecule has 5 nitrogen and oxygen atoms in total. The zero-order chi connectivity index (χ0) is 22.7. The van der Waals surface area contributed by atoms with E-state index in [0.29, 0.717) is 19.3 Å². The number of carbonyl (C=O) groups is 1. The normalized spacial score (nSPS) is 18.0. The van der Waals surface area contributed by atoms with Crippen molar-refractivity contribution in [3.05, 3.63) is 30.1 Å². The van der Waals surface area contributed by atoms with Gasteiger partial charge in [0.25, 0.3) is 0 Å². The Morgan fingerprint density at radius 3 is 2.19 bits per heavy atom. The first-order valence-electron chi connectivity index (χ1n) is 13.2. The van der Waals surface area contributed by atoms with E-state index < -0.39 is 6.09 Å². The van der Waals surface area contributed by atoms with Crippen molar-refractivity contribution in [2.24, 2.45) is 0 Å². The van der Waals surface area contributed by atoms with E-state index in [9.17, 15) is 4.79 Å². The van der Waals surface area contributed by atoms with Gasteiger partial charge < -0.3 is 14.8 Å². The van der Waals surface area contributed by atoms with Crippen LogP contribution in [0.3, 0.4) is 0 Å². The fourth-order valence-electron chi connectivity index (χ4n) is 4.39. The molecule has 2 heterocycles. The highest BCUT2D eigenvalue weighted by molar-refractivity contribution is 5.67. The van der Waals surface area contributed by atoms with Crippen molar-refractivity contribution in [2.75, 3.05) is 6.61 Å². The molecule has 0 aliphatic carbocycles. The van der Waals surface area contributed by atoms with Crippen molar-refractivity contribution in [3.8, 4) is 0 Å². The molecule has 0 radical (unpaired) electrons. The van der Waals surface area contributed by atoms with Gasteiger partial charge >= 0.3 is 6.09 Å². The zero-order valence-corrected chi connectivity index (χ0v) is 20.4. The lowest BCUT2D eigenvalue weighted by Gasteiger charge is -2.14. The van der Waals surface area contributed by atoms with Crippen LogP contribution >= 0.6 is 0 Å². The van der Waals surface area contributed by atoms with Crippen LogP contribution in [0, 0.1) is 0 Å². The van der Waals surface area contributed by atoms with Crippen molar-refractivity contribution in [1.29, 1.82) is 0 Å². The van der Waals surface area contributed by atoms with Crippen LogP contribution in [-0.4, -0.2) is 29.9 Å². The summed E-state index contributed by atoms with van der Waals surface area (Å²) in [5, 5.41) is 2.73. The van der Waals surface area contributed by atoms with E-state index in [1.54, 1.807) is 6.20 Å². The monoisotopic (exact) mass is 446 g/mol. The fraction of sp³-hybridized carbons (Fsp3) is 0.778. The summed E-state index contributed by atoms with van der Waals surface area (Å²) in [6.45, 7) is 3.00. The Hall–Kier alpha value is -1.62. The Kier molecular flexibility index (Phi) is 14.9. The van der Waals surface area contributed by atoms with Crippen molar-refractivity contribution in [2.45, 2.75) is 128 Å². The summed E-state index contributed by atoms with van der Waals surface area (Å²) < 4.78 is 11.4. The van der Waals surface area contributed by atoms with Gasteiger partial charge in [-0.2, -0.15) is 0 Å². The summed E-state index contributed by atoms with van der Waals surface area (Å²) in [4.78, 5) is 16.0. The molecule has 1 aromatic rings. The second-order valence-corrected chi connectivity index (χ2v) is 9.26. The highest BCUT2D eigenvalue weighted by Gasteiger charge is 2.25. The van der Waals surface area contributed by atoms with Gasteiger partial charge in [0.15, 0.2) is 0 Å². The van der Waals surface area contributed by atoms with Crippen LogP contribution in [0.1, 0.15) is 115 Å². The van der Waals surface area contributed by atoms with E-state index >= 15 is 0 Å². The number of hydrogen-bond donors (Lipinski definition) is 1. The van der Waals surface area contributed by atoms with Gasteiger partial charge in [0, 0.05) is 6.20 Å². The zero-order valence-electron chi connectivity index (χ0n) is 20.4. The van der Waals surface area contributed by atoms with Crippen molar-refractivity contribution in [3.63, 3.8) is 0 Å². The van der Waals surface area contributed by atoms with Gasteiger partial charge in [-0.15, -0.1) is 0 Å². The van der Waals surface area contributed by atoms with Gasteiger partial charge in [-0.25, -0.2) is 4.79 Å². The number of carbonyl (C=O) groups excluding carboxylic acids is 1. The van der Waals surface area contributed by atoms with Crippen LogP contribution in [0.4, 0.5) is 4.79 Å². The lowest BCUT2D eigenvalue weighted by Crippen LogP contribution is -2.28. The average molecular weight is 447 g/mol. The largest absolute Gasteiger partial charge is 0.447 e. The number of pyridine rings is 1. The first kappa shape index (κ1) is 26.6. The van der Waals surface area contributed by atoms with Crippen molar-refractivity contribution >= 4 is 6.09 Å². The fourth-order valence-corrected chi connectivity index (χ4v) is 4.39. The van der Waals surface area contributed by atoms with Gasteiger partial charge in [0.1, 0.15) is 6.61 Å². The lowest BCUT2D eigenvalue weighted by molar-refractivity contribution is 0.00103. The topological polar surface area (TPSA) is 60.5 Å². The number of ether oxygens (including phenoxy) is 2. The molecule has 1 saturated heterocycles. The van der Waals surface area contributed by atoms with E-state index in [4.69, 9.17) is 9.47 Å². The summed E-state index contributed by atoms with van der Waals surface area (Å²) in [6, 6.07) is 5.63. The summed E-state index contributed by atoms with van der Waals surface area (Å²) in [7, 11) is 0. The van der Waals surface area contributed by atoms with E-state index in [1.807, 2.05) is 18.2 Å². The molecule has 32 heavy (non-hydrogen) atoms. The van der Waals surface area contributed by atoms with Crippen molar-refractivity contribution in [1.82, 2.24) is 10.3 Å². The number of aromatic nitrogens is 1. The molecule has 5 heteroatoms. The Bertz CT molecular complexity index is 582. The number of nitrogens with one attached hydrogen (secondary N) is 1. The second-order valence-electron chi connectivity index (χ2n) is 9.26. The number of alkyl carbamates (subject to hydrolysis) is 1. The molecule has 0 saturated carbocycles. The highest BCUT2D eigenvalue weighted by atomic mass is 16.6. The standard InChI is InChI=1S/C27H46N2O3/c1-2-3-4-5-6-7-8-9-10-11-12-13-14-18-25-19-20-26(32-25)23-31-27(30)29-22-24-17-15-16-21-28-24/h15-17,21,25-26H,2-14,18-20,22-23H2,1H3,(H,29,30). The molecule has 1 N–H and O–H groups in total. The highest BCUT2D eigenvalue weighted by Crippen LogP contribution is 2.24. The quantitative estimate of drug-likeness (QED) is 0.240. The minimum absolute atomic E-state index is 0.0440. The third-order valence-electron chi connectivity index (χ3n) is 6.37. The third kappa shape index (κ3) is 13.0. The first-order chi connectivity index (χ1) is 15.8. The molecule has 2 rings (SSSR count). The predicted molar refractivity (Wildman–Crippen MR) is 131 cm³/mol. The maximum atomic E-state index is 11.8. The van der Waals surface area contributed by atoms with Crippen LogP contribution in [0.25, 0.3) is 0 Å². The summed E-state index contributed by atoms with van der Waals surface area (Å²) in [5.41, 5.74) is 0.819. The molecule has 1 amide bonds. The SMILES string of the molecule is CCCCCCCCCCCCCCCC1CCC(COC(=O)NCc2ccccn2)O1. The second kappa shape index (κ2) is 17.9. The maximum Gasteiger partial charge on any atom is 0.407 e. The maximum absolute atomic E-state index is 11.8. The molecule has 182 valence electrons. The van der Waals surface area contributed by atoms with Gasteiger partial charge in [-0.1, -0.05) is 96.5 Å². The first-order valence-corrected chi connectivity index (χ1v) is 13.2. The van der Waals surface area contributed by atoms with E-state index in [2.05, 4.69) is 17.2 Å². The van der Waals surface area contributed by atoms with E-state index in [-0.39, 0.29) is 6.10 Å². The van der Waals surface area contributed by atoms with Crippen LogP contribution in [0.5, 0.6) is 0 Å². The van der Waals surface area contributed by atoms with Crippen LogP contribution < -0.4 is 5.32 Å². The van der Waals surface area contributed by atoms with Crippen LogP contribution in [0.2, 0.25) is 0 Å². The molecule has 2 atom stereocenters. The Balaban J connectivity index is 1.36. The number of hydrogen-bond acceptors (Lipinski definition) is 4. The Morgan fingerprint density at radius 1 is 0.938 bits per heavy atom. The number of amides is 1. The summed E-state index contributed by atoms with van der Waals surface area (Å²) in [5.74, 6) is 0. The lowest BCUT2D eigenvalue weighted by atomic mass is 10.0. The van der Waals surface area contributed by atoms with Crippen molar-refractivity contribution < 1.29 is 14.3 Å². The minimum atomic E-state index is -0.404. The van der Waals surface area contributed by atoms with Gasteiger partial charge in [-0.3, -0.25) is 4.98 Å². The minimum Gasteiger partial charge on any atom is -0.447 e. The molecule has 1 aromatic heterocycles. The summed E-state index contributed by atoms with van der Waals surface area (Å²) >= 11 is 0. The number of unbranched alkanes of at least 4 members (excludes halogenated alkanes) is 12. The van der Waals surface area contributed by atoms with Crippen LogP contribution in [-0.2, 0) is 16.0 Å². The average Bonchev–Trinajstić information content (AvgIpc) is 3.28. The van der Waals surface area contributed by atoms with Gasteiger partial charge in [0.05, 0.1) is 24.4 Å². The van der Waals surface area contributed by atoms with Gasteiger partial charge in [0.2, 0.25) is 0 Å². The molecule has 0 spiro atoms. The smallest absolute Gasteiger partial charge is 0.407 e. The number of rotatable bonds is 18. The molecule has 1 fully saturated rings.